The number of amides is 2. The summed E-state index contributed by atoms with van der Waals surface area (Å²) in [4.78, 5) is 25.2. The number of anilines is 1. The van der Waals surface area contributed by atoms with Crippen molar-refractivity contribution in [3.63, 3.8) is 0 Å². The third-order valence-corrected chi connectivity index (χ3v) is 6.80. The summed E-state index contributed by atoms with van der Waals surface area (Å²) in [5, 5.41) is 6.13. The van der Waals surface area contributed by atoms with E-state index in [9.17, 15) is 9.59 Å². The molecule has 0 aliphatic carbocycles. The second kappa shape index (κ2) is 16.2. The zero-order chi connectivity index (χ0) is 28.0. The summed E-state index contributed by atoms with van der Waals surface area (Å²) in [6.07, 6.45) is 9.92. The molecule has 5 nitrogen and oxygen atoms in total. The van der Waals surface area contributed by atoms with Crippen molar-refractivity contribution < 1.29 is 14.3 Å². The molecule has 2 unspecified atom stereocenters. The van der Waals surface area contributed by atoms with E-state index in [0.29, 0.717) is 12.3 Å². The number of hydrogen-bond acceptors (Lipinski definition) is 3. The molecule has 0 fully saturated rings. The Morgan fingerprint density at radius 1 is 0.868 bits per heavy atom. The lowest BCUT2D eigenvalue weighted by Crippen LogP contribution is -2.28. The van der Waals surface area contributed by atoms with Crippen LogP contribution in [-0.2, 0) is 16.0 Å². The number of ether oxygens (including phenoxy) is 1. The first-order chi connectivity index (χ1) is 18.1. The SMILES string of the molecule is CCCCCCC(Cc1ccc(C(C)NC(=O)CCCCC)cc1NC(=O)OC(C)(C)C)c1ccccc1. The molecule has 2 amide bonds. The summed E-state index contributed by atoms with van der Waals surface area (Å²) in [5.74, 6) is 0.418. The molecule has 0 aliphatic rings. The monoisotopic (exact) mass is 522 g/mol. The number of hydrogen-bond donors (Lipinski definition) is 2. The minimum atomic E-state index is -0.590. The first kappa shape index (κ1) is 31.4. The van der Waals surface area contributed by atoms with Crippen molar-refractivity contribution >= 4 is 17.7 Å². The summed E-state index contributed by atoms with van der Waals surface area (Å²) in [6, 6.07) is 16.7. The van der Waals surface area contributed by atoms with Crippen molar-refractivity contribution in [3.8, 4) is 0 Å². The van der Waals surface area contributed by atoms with E-state index in [0.717, 1.165) is 48.9 Å². The predicted molar refractivity (Wildman–Crippen MR) is 159 cm³/mol. The van der Waals surface area contributed by atoms with Gasteiger partial charge in [0.1, 0.15) is 5.60 Å². The highest BCUT2D eigenvalue weighted by Crippen LogP contribution is 2.32. The Morgan fingerprint density at radius 3 is 2.21 bits per heavy atom. The van der Waals surface area contributed by atoms with Gasteiger partial charge in [0.25, 0.3) is 0 Å². The van der Waals surface area contributed by atoms with Crippen LogP contribution in [0.4, 0.5) is 10.5 Å². The standard InChI is InChI=1S/C33H50N2O3/c1-7-9-11-14-19-28(26-17-15-12-16-18-26)23-29-22-21-27(25(3)34-31(36)20-13-10-8-2)24-30(29)35-32(37)38-33(4,5)6/h12,15-18,21-22,24-25,28H,7-11,13-14,19-20,23H2,1-6H3,(H,34,36)(H,35,37). The highest BCUT2D eigenvalue weighted by molar-refractivity contribution is 5.86. The highest BCUT2D eigenvalue weighted by Gasteiger charge is 2.21. The molecule has 5 heteroatoms. The Bertz CT molecular complexity index is 981. The molecule has 0 aliphatic heterocycles. The Morgan fingerprint density at radius 2 is 1.55 bits per heavy atom. The second-order valence-corrected chi connectivity index (χ2v) is 11.5. The first-order valence-electron chi connectivity index (χ1n) is 14.6. The lowest BCUT2D eigenvalue weighted by Gasteiger charge is -2.24. The van der Waals surface area contributed by atoms with Gasteiger partial charge in [-0.3, -0.25) is 10.1 Å². The first-order valence-corrected chi connectivity index (χ1v) is 14.6. The van der Waals surface area contributed by atoms with Crippen LogP contribution in [0.3, 0.4) is 0 Å². The van der Waals surface area contributed by atoms with E-state index in [2.05, 4.69) is 66.9 Å². The molecule has 0 saturated heterocycles. The molecule has 0 spiro atoms. The van der Waals surface area contributed by atoms with Gasteiger partial charge in [-0.2, -0.15) is 0 Å². The molecule has 2 N–H and O–H groups in total. The van der Waals surface area contributed by atoms with Gasteiger partial charge in [-0.05, 0) is 75.6 Å². The van der Waals surface area contributed by atoms with Gasteiger partial charge >= 0.3 is 6.09 Å². The maximum absolute atomic E-state index is 12.8. The Kier molecular flexibility index (Phi) is 13.4. The Hall–Kier alpha value is -2.82. The van der Waals surface area contributed by atoms with Crippen LogP contribution in [0.25, 0.3) is 0 Å². The van der Waals surface area contributed by atoms with E-state index in [4.69, 9.17) is 4.74 Å². The van der Waals surface area contributed by atoms with Gasteiger partial charge in [0, 0.05) is 12.1 Å². The van der Waals surface area contributed by atoms with E-state index in [1.54, 1.807) is 0 Å². The lowest BCUT2D eigenvalue weighted by molar-refractivity contribution is -0.121. The average molecular weight is 523 g/mol. The minimum absolute atomic E-state index is 0.0629. The summed E-state index contributed by atoms with van der Waals surface area (Å²) in [7, 11) is 0. The molecule has 2 aromatic rings. The summed E-state index contributed by atoms with van der Waals surface area (Å²) in [6.45, 7) is 11.9. The van der Waals surface area contributed by atoms with Crippen LogP contribution < -0.4 is 10.6 Å². The Labute approximate surface area is 231 Å². The van der Waals surface area contributed by atoms with Crippen LogP contribution in [0.5, 0.6) is 0 Å². The average Bonchev–Trinajstić information content (AvgIpc) is 2.86. The maximum Gasteiger partial charge on any atom is 0.412 e. The van der Waals surface area contributed by atoms with Crippen molar-refractivity contribution in [2.45, 2.75) is 123 Å². The number of carbonyl (C=O) groups excluding carboxylic acids is 2. The van der Waals surface area contributed by atoms with Crippen LogP contribution in [0, 0.1) is 0 Å². The smallest absolute Gasteiger partial charge is 0.412 e. The molecule has 38 heavy (non-hydrogen) atoms. The molecule has 0 radical (unpaired) electrons. The fourth-order valence-electron chi connectivity index (χ4n) is 4.70. The van der Waals surface area contributed by atoms with Crippen molar-refractivity contribution in [3.05, 3.63) is 65.2 Å². The molecule has 2 rings (SSSR count). The molecule has 2 aromatic carbocycles. The van der Waals surface area contributed by atoms with Crippen molar-refractivity contribution in [2.75, 3.05) is 5.32 Å². The molecule has 210 valence electrons. The molecule has 2 atom stereocenters. The van der Waals surface area contributed by atoms with E-state index < -0.39 is 11.7 Å². The summed E-state index contributed by atoms with van der Waals surface area (Å²) < 4.78 is 5.58. The summed E-state index contributed by atoms with van der Waals surface area (Å²) in [5.41, 5.74) is 3.52. The zero-order valence-electron chi connectivity index (χ0n) is 24.6. The van der Waals surface area contributed by atoms with Crippen LogP contribution in [0.1, 0.15) is 128 Å². The van der Waals surface area contributed by atoms with Crippen molar-refractivity contribution in [1.29, 1.82) is 0 Å². The van der Waals surface area contributed by atoms with Crippen LogP contribution in [0.2, 0.25) is 0 Å². The van der Waals surface area contributed by atoms with E-state index >= 15 is 0 Å². The van der Waals surface area contributed by atoms with Crippen molar-refractivity contribution in [2.24, 2.45) is 0 Å². The maximum atomic E-state index is 12.8. The molecule has 0 heterocycles. The highest BCUT2D eigenvalue weighted by atomic mass is 16.6. The van der Waals surface area contributed by atoms with Crippen LogP contribution in [0.15, 0.2) is 48.5 Å². The number of carbonyl (C=O) groups is 2. The van der Waals surface area contributed by atoms with E-state index in [1.165, 1.54) is 31.2 Å². The molecular weight excluding hydrogens is 472 g/mol. The molecule has 0 aromatic heterocycles. The van der Waals surface area contributed by atoms with E-state index in [-0.39, 0.29) is 11.9 Å². The fraction of sp³-hybridized carbons (Fsp3) is 0.576. The summed E-state index contributed by atoms with van der Waals surface area (Å²) >= 11 is 0. The van der Waals surface area contributed by atoms with Gasteiger partial charge in [0.2, 0.25) is 5.91 Å². The number of unbranched alkanes of at least 4 members (excludes halogenated alkanes) is 5. The topological polar surface area (TPSA) is 67.4 Å². The van der Waals surface area contributed by atoms with E-state index in [1.807, 2.05) is 33.8 Å². The minimum Gasteiger partial charge on any atom is -0.444 e. The molecule has 0 bridgehead atoms. The normalized spacial score (nSPS) is 13.0. The van der Waals surface area contributed by atoms with Gasteiger partial charge in [0.05, 0.1) is 6.04 Å². The quantitative estimate of drug-likeness (QED) is 0.229. The van der Waals surface area contributed by atoms with Crippen LogP contribution >= 0.6 is 0 Å². The van der Waals surface area contributed by atoms with Gasteiger partial charge in [-0.15, -0.1) is 0 Å². The largest absolute Gasteiger partial charge is 0.444 e. The zero-order valence-corrected chi connectivity index (χ0v) is 24.6. The second-order valence-electron chi connectivity index (χ2n) is 11.5. The lowest BCUT2D eigenvalue weighted by atomic mass is 9.86. The fourth-order valence-corrected chi connectivity index (χ4v) is 4.70. The molecular formula is C33H50N2O3. The van der Waals surface area contributed by atoms with Gasteiger partial charge in [-0.25, -0.2) is 4.79 Å². The number of benzene rings is 2. The predicted octanol–water partition coefficient (Wildman–Crippen LogP) is 9.09. The van der Waals surface area contributed by atoms with Gasteiger partial charge in [0.15, 0.2) is 0 Å². The number of rotatable bonds is 15. The third-order valence-electron chi connectivity index (χ3n) is 6.80. The van der Waals surface area contributed by atoms with Crippen molar-refractivity contribution in [1.82, 2.24) is 5.32 Å². The van der Waals surface area contributed by atoms with Gasteiger partial charge < -0.3 is 10.1 Å². The third kappa shape index (κ3) is 11.7. The van der Waals surface area contributed by atoms with Gasteiger partial charge in [-0.1, -0.05) is 94.8 Å². The number of nitrogens with one attached hydrogen (secondary N) is 2. The Balaban J connectivity index is 2.29. The molecule has 0 saturated carbocycles. The van der Waals surface area contributed by atoms with Crippen LogP contribution in [-0.4, -0.2) is 17.6 Å².